The van der Waals surface area contributed by atoms with Gasteiger partial charge >= 0.3 is 6.03 Å². The normalized spacial score (nSPS) is 9.94. The molecule has 2 amide bonds. The minimum Gasteiger partial charge on any atom is -0.328 e. The molecule has 0 aliphatic heterocycles. The van der Waals surface area contributed by atoms with Crippen LogP contribution >= 0.6 is 11.6 Å². The Morgan fingerprint density at radius 2 is 2.00 bits per heavy atom. The van der Waals surface area contributed by atoms with Gasteiger partial charge in [-0.05, 0) is 30.7 Å². The third kappa shape index (κ3) is 4.11. The maximum atomic E-state index is 11.7. The van der Waals surface area contributed by atoms with E-state index in [-0.39, 0.29) is 6.03 Å². The van der Waals surface area contributed by atoms with Crippen LogP contribution in [0.25, 0.3) is 0 Å². The Kier molecular flexibility index (Phi) is 5.12. The van der Waals surface area contributed by atoms with Crippen LogP contribution in [-0.2, 0) is 0 Å². The number of hydrogen-bond donors (Lipinski definition) is 1. The molecule has 1 aromatic rings. The maximum Gasteiger partial charge on any atom is 0.321 e. The zero-order valence-electron chi connectivity index (χ0n) is 9.66. The molecule has 0 aliphatic rings. The van der Waals surface area contributed by atoms with Crippen LogP contribution in [0.1, 0.15) is 19.8 Å². The van der Waals surface area contributed by atoms with Gasteiger partial charge < -0.3 is 10.2 Å². The van der Waals surface area contributed by atoms with Crippen molar-refractivity contribution in [3.63, 3.8) is 0 Å². The van der Waals surface area contributed by atoms with E-state index in [1.165, 1.54) is 0 Å². The van der Waals surface area contributed by atoms with Gasteiger partial charge in [-0.15, -0.1) is 0 Å². The highest BCUT2D eigenvalue weighted by Gasteiger charge is 2.07. The molecule has 0 unspecified atom stereocenters. The summed E-state index contributed by atoms with van der Waals surface area (Å²) in [5.74, 6) is 0. The first-order valence-electron chi connectivity index (χ1n) is 5.41. The zero-order chi connectivity index (χ0) is 12.0. The van der Waals surface area contributed by atoms with Crippen LogP contribution in [0.3, 0.4) is 0 Å². The number of carbonyl (C=O) groups excluding carboxylic acids is 1. The Morgan fingerprint density at radius 1 is 1.38 bits per heavy atom. The molecule has 88 valence electrons. The first kappa shape index (κ1) is 12.8. The number of urea groups is 1. The minimum absolute atomic E-state index is 0.0872. The second-order valence-electron chi connectivity index (χ2n) is 3.71. The van der Waals surface area contributed by atoms with Crippen LogP contribution in [0.15, 0.2) is 24.3 Å². The molecule has 3 nitrogen and oxygen atoms in total. The highest BCUT2D eigenvalue weighted by molar-refractivity contribution is 6.30. The quantitative estimate of drug-likeness (QED) is 0.857. The average Bonchev–Trinajstić information content (AvgIpc) is 2.29. The monoisotopic (exact) mass is 240 g/mol. The van der Waals surface area contributed by atoms with E-state index in [9.17, 15) is 4.79 Å². The lowest BCUT2D eigenvalue weighted by molar-refractivity contribution is 0.222. The number of rotatable bonds is 4. The third-order valence-electron chi connectivity index (χ3n) is 2.29. The molecule has 0 atom stereocenters. The predicted molar refractivity (Wildman–Crippen MR) is 68.0 cm³/mol. The lowest BCUT2D eigenvalue weighted by atomic mass is 10.3. The number of anilines is 1. The lowest BCUT2D eigenvalue weighted by Crippen LogP contribution is -2.32. The predicted octanol–water partition coefficient (Wildman–Crippen LogP) is 3.60. The van der Waals surface area contributed by atoms with Gasteiger partial charge in [-0.25, -0.2) is 4.79 Å². The largest absolute Gasteiger partial charge is 0.328 e. The van der Waals surface area contributed by atoms with E-state index in [4.69, 9.17) is 11.6 Å². The van der Waals surface area contributed by atoms with Crippen LogP contribution in [0.5, 0.6) is 0 Å². The van der Waals surface area contributed by atoms with Gasteiger partial charge in [0, 0.05) is 24.3 Å². The van der Waals surface area contributed by atoms with Crippen molar-refractivity contribution in [3.8, 4) is 0 Å². The summed E-state index contributed by atoms with van der Waals surface area (Å²) in [6.07, 6.45) is 2.10. The summed E-state index contributed by atoms with van der Waals surface area (Å²) in [6.45, 7) is 2.88. The number of carbonyl (C=O) groups is 1. The summed E-state index contributed by atoms with van der Waals surface area (Å²) in [5.41, 5.74) is 0.762. The average molecular weight is 241 g/mol. The van der Waals surface area contributed by atoms with Crippen molar-refractivity contribution in [3.05, 3.63) is 29.3 Å². The molecule has 4 heteroatoms. The summed E-state index contributed by atoms with van der Waals surface area (Å²) in [5, 5.41) is 3.47. The maximum absolute atomic E-state index is 11.7. The van der Waals surface area contributed by atoms with Crippen LogP contribution in [0.2, 0.25) is 5.02 Å². The van der Waals surface area contributed by atoms with E-state index in [0.29, 0.717) is 5.02 Å². The molecule has 0 spiro atoms. The summed E-state index contributed by atoms with van der Waals surface area (Å²) in [7, 11) is 1.79. The van der Waals surface area contributed by atoms with Crippen molar-refractivity contribution in [1.82, 2.24) is 4.90 Å². The van der Waals surface area contributed by atoms with Crippen molar-refractivity contribution in [2.24, 2.45) is 0 Å². The highest BCUT2D eigenvalue weighted by Crippen LogP contribution is 2.13. The number of amides is 2. The molecule has 0 heterocycles. The van der Waals surface area contributed by atoms with Crippen LogP contribution in [0.4, 0.5) is 10.5 Å². The Morgan fingerprint density at radius 3 is 2.56 bits per heavy atom. The zero-order valence-corrected chi connectivity index (χ0v) is 10.4. The van der Waals surface area contributed by atoms with Gasteiger partial charge in [-0.2, -0.15) is 0 Å². The van der Waals surface area contributed by atoms with Gasteiger partial charge in [-0.1, -0.05) is 24.9 Å². The number of nitrogens with zero attached hydrogens (tertiary/aromatic N) is 1. The molecule has 0 aromatic heterocycles. The van der Waals surface area contributed by atoms with E-state index in [1.54, 1.807) is 36.2 Å². The van der Waals surface area contributed by atoms with Crippen molar-refractivity contribution in [2.75, 3.05) is 18.9 Å². The minimum atomic E-state index is -0.0872. The molecule has 1 aromatic carbocycles. The summed E-state index contributed by atoms with van der Waals surface area (Å²) in [6, 6.07) is 6.99. The van der Waals surface area contributed by atoms with E-state index in [1.807, 2.05) is 0 Å². The van der Waals surface area contributed by atoms with Crippen molar-refractivity contribution in [1.29, 1.82) is 0 Å². The molecule has 1 rings (SSSR count). The molecular weight excluding hydrogens is 224 g/mol. The number of hydrogen-bond acceptors (Lipinski definition) is 1. The van der Waals surface area contributed by atoms with E-state index in [0.717, 1.165) is 25.1 Å². The van der Waals surface area contributed by atoms with Crippen molar-refractivity contribution in [2.45, 2.75) is 19.8 Å². The number of benzene rings is 1. The SMILES string of the molecule is CCCCN(C)C(=O)Nc1ccc(Cl)cc1. The van der Waals surface area contributed by atoms with Crippen molar-refractivity contribution >= 4 is 23.3 Å². The van der Waals surface area contributed by atoms with E-state index in [2.05, 4.69) is 12.2 Å². The molecular formula is C12H17ClN2O. The van der Waals surface area contributed by atoms with E-state index < -0.39 is 0 Å². The van der Waals surface area contributed by atoms with Gasteiger partial charge in [0.05, 0.1) is 0 Å². The number of nitrogens with one attached hydrogen (secondary N) is 1. The van der Waals surface area contributed by atoms with Crippen LogP contribution in [-0.4, -0.2) is 24.5 Å². The van der Waals surface area contributed by atoms with Crippen LogP contribution < -0.4 is 5.32 Å². The molecule has 0 saturated carbocycles. The lowest BCUT2D eigenvalue weighted by Gasteiger charge is -2.17. The Bertz CT molecular complexity index is 337. The standard InChI is InChI=1S/C12H17ClN2O/c1-3-4-9-15(2)12(16)14-11-7-5-10(13)6-8-11/h5-8H,3-4,9H2,1-2H3,(H,14,16). The first-order chi connectivity index (χ1) is 7.63. The smallest absolute Gasteiger partial charge is 0.321 e. The fraction of sp³-hybridized carbons (Fsp3) is 0.417. The second kappa shape index (κ2) is 6.38. The Balaban J connectivity index is 2.47. The van der Waals surface area contributed by atoms with Gasteiger partial charge in [0.2, 0.25) is 0 Å². The fourth-order valence-corrected chi connectivity index (χ4v) is 1.37. The van der Waals surface area contributed by atoms with E-state index >= 15 is 0 Å². The number of unbranched alkanes of at least 4 members (excludes halogenated alkanes) is 1. The molecule has 1 N–H and O–H groups in total. The summed E-state index contributed by atoms with van der Waals surface area (Å²) in [4.78, 5) is 13.4. The second-order valence-corrected chi connectivity index (χ2v) is 4.15. The van der Waals surface area contributed by atoms with Gasteiger partial charge in [0.25, 0.3) is 0 Å². The van der Waals surface area contributed by atoms with Crippen LogP contribution in [0, 0.1) is 0 Å². The summed E-state index contributed by atoms with van der Waals surface area (Å²) >= 11 is 5.76. The fourth-order valence-electron chi connectivity index (χ4n) is 1.25. The van der Waals surface area contributed by atoms with Gasteiger partial charge in [0.15, 0.2) is 0 Å². The highest BCUT2D eigenvalue weighted by atomic mass is 35.5. The summed E-state index contributed by atoms with van der Waals surface area (Å²) < 4.78 is 0. The van der Waals surface area contributed by atoms with Gasteiger partial charge in [-0.3, -0.25) is 0 Å². The Labute approximate surface area is 101 Å². The molecule has 0 bridgehead atoms. The number of halogens is 1. The molecule has 0 aliphatic carbocycles. The first-order valence-corrected chi connectivity index (χ1v) is 5.79. The van der Waals surface area contributed by atoms with Crippen molar-refractivity contribution < 1.29 is 4.79 Å². The third-order valence-corrected chi connectivity index (χ3v) is 2.54. The topological polar surface area (TPSA) is 32.3 Å². The van der Waals surface area contributed by atoms with Gasteiger partial charge in [0.1, 0.15) is 0 Å². The molecule has 16 heavy (non-hydrogen) atoms. The molecule has 0 radical (unpaired) electrons. The molecule has 0 saturated heterocycles. The Hall–Kier alpha value is -1.22. The molecule has 0 fully saturated rings.